The van der Waals surface area contributed by atoms with E-state index in [4.69, 9.17) is 23.2 Å². The second kappa shape index (κ2) is 5.94. The minimum atomic E-state index is 0.549. The predicted octanol–water partition coefficient (Wildman–Crippen LogP) is 3.94. The molecule has 94 valence electrons. The number of rotatable bonds is 3. The van der Waals surface area contributed by atoms with E-state index in [-0.39, 0.29) is 0 Å². The Morgan fingerprint density at radius 3 is 2.82 bits per heavy atom. The molecule has 1 fully saturated rings. The fourth-order valence-corrected chi connectivity index (χ4v) is 2.55. The highest BCUT2D eigenvalue weighted by atomic mass is 35.5. The van der Waals surface area contributed by atoms with Crippen molar-refractivity contribution in [1.82, 2.24) is 5.32 Å². The van der Waals surface area contributed by atoms with Gasteiger partial charge in [0.15, 0.2) is 0 Å². The molecule has 2 unspecified atom stereocenters. The third-order valence-corrected chi connectivity index (χ3v) is 3.92. The molecule has 0 spiro atoms. The molecule has 1 aromatic carbocycles. The number of benzene rings is 1. The molecule has 1 aliphatic rings. The topological polar surface area (TPSA) is 24.1 Å². The lowest BCUT2D eigenvalue weighted by Gasteiger charge is -2.29. The van der Waals surface area contributed by atoms with Gasteiger partial charge in [-0.05, 0) is 38.0 Å². The first kappa shape index (κ1) is 13.0. The van der Waals surface area contributed by atoms with E-state index in [2.05, 4.69) is 17.6 Å². The van der Waals surface area contributed by atoms with Crippen LogP contribution in [-0.4, -0.2) is 18.6 Å². The van der Waals surface area contributed by atoms with Crippen molar-refractivity contribution < 1.29 is 0 Å². The van der Waals surface area contributed by atoms with Crippen LogP contribution in [0.1, 0.15) is 26.2 Å². The van der Waals surface area contributed by atoms with E-state index in [1.807, 2.05) is 18.2 Å². The van der Waals surface area contributed by atoms with Crippen LogP contribution in [0.15, 0.2) is 18.2 Å². The number of piperidine rings is 1. The fraction of sp³-hybridized carbons (Fsp3) is 0.538. The summed E-state index contributed by atoms with van der Waals surface area (Å²) in [5.41, 5.74) is 1.03. The van der Waals surface area contributed by atoms with Gasteiger partial charge in [-0.1, -0.05) is 29.6 Å². The molecule has 1 saturated heterocycles. The maximum atomic E-state index is 5.97. The molecule has 0 bridgehead atoms. The second-order valence-electron chi connectivity index (χ2n) is 4.71. The minimum Gasteiger partial charge on any atom is -0.383 e. The summed E-state index contributed by atoms with van der Waals surface area (Å²) in [6.45, 7) is 3.17. The Morgan fingerprint density at radius 2 is 2.12 bits per heavy atom. The van der Waals surface area contributed by atoms with Crippen LogP contribution in [-0.2, 0) is 0 Å². The normalized spacial score (nSPS) is 24.6. The summed E-state index contributed by atoms with van der Waals surface area (Å²) in [5, 5.41) is 8.19. The summed E-state index contributed by atoms with van der Waals surface area (Å²) >= 11 is 11.8. The molecule has 0 aromatic heterocycles. The Hall–Kier alpha value is -0.440. The molecule has 2 nitrogen and oxygen atoms in total. The molecule has 1 aromatic rings. The summed E-state index contributed by atoms with van der Waals surface area (Å²) in [5.74, 6) is 0. The average Bonchev–Trinajstić information content (AvgIpc) is 2.31. The first-order chi connectivity index (χ1) is 8.15. The van der Waals surface area contributed by atoms with Crippen LogP contribution in [0.25, 0.3) is 0 Å². The SMILES string of the molecule is CC1CCCC(CNc2ccc(Cl)c(Cl)c2)N1. The Kier molecular flexibility index (Phi) is 4.55. The van der Waals surface area contributed by atoms with Crippen molar-refractivity contribution in [3.63, 3.8) is 0 Å². The van der Waals surface area contributed by atoms with Crippen molar-refractivity contribution >= 4 is 28.9 Å². The van der Waals surface area contributed by atoms with Gasteiger partial charge in [0.05, 0.1) is 10.0 Å². The molecule has 0 aliphatic carbocycles. The van der Waals surface area contributed by atoms with Crippen LogP contribution in [0.4, 0.5) is 5.69 Å². The Bertz CT molecular complexity index is 382. The number of halogens is 2. The number of hydrogen-bond acceptors (Lipinski definition) is 2. The van der Waals surface area contributed by atoms with E-state index in [0.717, 1.165) is 12.2 Å². The van der Waals surface area contributed by atoms with Crippen LogP contribution in [0, 0.1) is 0 Å². The molecule has 1 aliphatic heterocycles. The van der Waals surface area contributed by atoms with E-state index >= 15 is 0 Å². The molecule has 1 heterocycles. The molecule has 2 rings (SSSR count). The molecule has 0 radical (unpaired) electrons. The Labute approximate surface area is 113 Å². The molecule has 4 heteroatoms. The number of hydrogen-bond donors (Lipinski definition) is 2. The molecular formula is C13H18Cl2N2. The predicted molar refractivity (Wildman–Crippen MR) is 75.2 cm³/mol. The van der Waals surface area contributed by atoms with Gasteiger partial charge in [-0.3, -0.25) is 0 Å². The molecule has 2 N–H and O–H groups in total. The van der Waals surface area contributed by atoms with Crippen molar-refractivity contribution in [1.29, 1.82) is 0 Å². The van der Waals surface area contributed by atoms with Crippen molar-refractivity contribution in [2.24, 2.45) is 0 Å². The van der Waals surface area contributed by atoms with E-state index in [1.165, 1.54) is 19.3 Å². The first-order valence-corrected chi connectivity index (χ1v) is 6.85. The minimum absolute atomic E-state index is 0.549. The fourth-order valence-electron chi connectivity index (χ4n) is 2.25. The van der Waals surface area contributed by atoms with Gasteiger partial charge in [-0.2, -0.15) is 0 Å². The maximum Gasteiger partial charge on any atom is 0.0612 e. The molecule has 2 atom stereocenters. The third-order valence-electron chi connectivity index (χ3n) is 3.18. The van der Waals surface area contributed by atoms with E-state index in [9.17, 15) is 0 Å². The largest absolute Gasteiger partial charge is 0.383 e. The van der Waals surface area contributed by atoms with Crippen LogP contribution in [0.5, 0.6) is 0 Å². The summed E-state index contributed by atoms with van der Waals surface area (Å²) in [7, 11) is 0. The zero-order chi connectivity index (χ0) is 12.3. The Morgan fingerprint density at radius 1 is 1.29 bits per heavy atom. The molecule has 0 amide bonds. The Balaban J connectivity index is 1.86. The molecular weight excluding hydrogens is 255 g/mol. The summed E-state index contributed by atoms with van der Waals surface area (Å²) < 4.78 is 0. The van der Waals surface area contributed by atoms with Crippen LogP contribution in [0.3, 0.4) is 0 Å². The monoisotopic (exact) mass is 272 g/mol. The van der Waals surface area contributed by atoms with Gasteiger partial charge in [-0.25, -0.2) is 0 Å². The lowest BCUT2D eigenvalue weighted by atomic mass is 9.99. The van der Waals surface area contributed by atoms with Gasteiger partial charge in [0.1, 0.15) is 0 Å². The lowest BCUT2D eigenvalue weighted by molar-refractivity contribution is 0.345. The highest BCUT2D eigenvalue weighted by molar-refractivity contribution is 6.42. The van der Waals surface area contributed by atoms with Gasteiger partial charge in [-0.15, -0.1) is 0 Å². The van der Waals surface area contributed by atoms with Gasteiger partial charge in [0.2, 0.25) is 0 Å². The zero-order valence-electron chi connectivity index (χ0n) is 9.97. The average molecular weight is 273 g/mol. The number of anilines is 1. The third kappa shape index (κ3) is 3.77. The lowest BCUT2D eigenvalue weighted by Crippen LogP contribution is -2.44. The second-order valence-corrected chi connectivity index (χ2v) is 5.52. The first-order valence-electron chi connectivity index (χ1n) is 6.10. The van der Waals surface area contributed by atoms with Crippen LogP contribution < -0.4 is 10.6 Å². The van der Waals surface area contributed by atoms with E-state index in [1.54, 1.807) is 0 Å². The maximum absolute atomic E-state index is 5.97. The van der Waals surface area contributed by atoms with Crippen molar-refractivity contribution in [2.75, 3.05) is 11.9 Å². The number of nitrogens with one attached hydrogen (secondary N) is 2. The van der Waals surface area contributed by atoms with Gasteiger partial charge in [0, 0.05) is 24.3 Å². The molecule has 17 heavy (non-hydrogen) atoms. The molecule has 0 saturated carbocycles. The summed E-state index contributed by atoms with van der Waals surface area (Å²) in [6.07, 6.45) is 3.82. The zero-order valence-corrected chi connectivity index (χ0v) is 11.5. The van der Waals surface area contributed by atoms with Gasteiger partial charge in [0.25, 0.3) is 0 Å². The van der Waals surface area contributed by atoms with E-state index < -0.39 is 0 Å². The highest BCUT2D eigenvalue weighted by Crippen LogP contribution is 2.25. The standard InChI is InChI=1S/C13H18Cl2N2/c1-9-3-2-4-11(17-9)8-16-10-5-6-12(14)13(15)7-10/h5-7,9,11,16-17H,2-4,8H2,1H3. The van der Waals surface area contributed by atoms with E-state index in [0.29, 0.717) is 22.1 Å². The van der Waals surface area contributed by atoms with Gasteiger partial charge >= 0.3 is 0 Å². The smallest absolute Gasteiger partial charge is 0.0612 e. The van der Waals surface area contributed by atoms with Crippen molar-refractivity contribution in [3.8, 4) is 0 Å². The van der Waals surface area contributed by atoms with Crippen molar-refractivity contribution in [2.45, 2.75) is 38.3 Å². The highest BCUT2D eigenvalue weighted by Gasteiger charge is 2.17. The van der Waals surface area contributed by atoms with Crippen molar-refractivity contribution in [3.05, 3.63) is 28.2 Å². The summed E-state index contributed by atoms with van der Waals surface area (Å²) in [4.78, 5) is 0. The quantitative estimate of drug-likeness (QED) is 0.871. The summed E-state index contributed by atoms with van der Waals surface area (Å²) in [6, 6.07) is 6.83. The van der Waals surface area contributed by atoms with Crippen LogP contribution >= 0.6 is 23.2 Å². The van der Waals surface area contributed by atoms with Gasteiger partial charge < -0.3 is 10.6 Å². The van der Waals surface area contributed by atoms with Crippen LogP contribution in [0.2, 0.25) is 10.0 Å².